The van der Waals surface area contributed by atoms with Crippen LogP contribution in [-0.4, -0.2) is 52.9 Å². The molecule has 0 bridgehead atoms. The summed E-state index contributed by atoms with van der Waals surface area (Å²) >= 11 is 0. The van der Waals surface area contributed by atoms with Gasteiger partial charge in [0.1, 0.15) is 16.4 Å². The summed E-state index contributed by atoms with van der Waals surface area (Å²) < 4.78 is 61.1. The van der Waals surface area contributed by atoms with Crippen LogP contribution in [0.15, 0.2) is 80.9 Å². The summed E-state index contributed by atoms with van der Waals surface area (Å²) in [4.78, 5) is 24.3. The minimum atomic E-state index is -4.26. The second kappa shape index (κ2) is 10.7. The van der Waals surface area contributed by atoms with E-state index in [0.717, 1.165) is 6.08 Å². The number of furan rings is 1. The number of amides is 1. The fourth-order valence-electron chi connectivity index (χ4n) is 3.86. The van der Waals surface area contributed by atoms with Crippen LogP contribution in [0.2, 0.25) is 0 Å². The normalized spacial score (nSPS) is 17.3. The number of benzene rings is 2. The summed E-state index contributed by atoms with van der Waals surface area (Å²) in [5.74, 6) is -1.19. The van der Waals surface area contributed by atoms with Crippen molar-refractivity contribution < 1.29 is 35.6 Å². The lowest BCUT2D eigenvalue weighted by Crippen LogP contribution is -2.38. The van der Waals surface area contributed by atoms with E-state index < -0.39 is 42.5 Å². The van der Waals surface area contributed by atoms with Gasteiger partial charge >= 0.3 is 5.97 Å². The molecule has 3 aromatic rings. The number of esters is 1. The van der Waals surface area contributed by atoms with Crippen molar-refractivity contribution >= 4 is 37.6 Å². The molecule has 1 saturated heterocycles. The van der Waals surface area contributed by atoms with Crippen molar-refractivity contribution in [3.05, 3.63) is 83.0 Å². The van der Waals surface area contributed by atoms with Crippen molar-refractivity contribution in [2.45, 2.75) is 24.3 Å². The van der Waals surface area contributed by atoms with E-state index in [1.54, 1.807) is 43.3 Å². The predicted octanol–water partition coefficient (Wildman–Crippen LogP) is 3.24. The number of carbonyl (C=O) groups excluding carboxylic acids is 2. The quantitative estimate of drug-likeness (QED) is 0.338. The van der Waals surface area contributed by atoms with Gasteiger partial charge in [-0.2, -0.15) is 0 Å². The molecule has 1 aliphatic rings. The van der Waals surface area contributed by atoms with Crippen molar-refractivity contribution in [1.82, 2.24) is 5.32 Å². The highest BCUT2D eigenvalue weighted by molar-refractivity contribution is 7.96. The second-order valence-corrected chi connectivity index (χ2v) is 12.5. The molecule has 0 saturated carbocycles. The third-order valence-electron chi connectivity index (χ3n) is 5.72. The third kappa shape index (κ3) is 6.17. The first-order chi connectivity index (χ1) is 17.6. The van der Waals surface area contributed by atoms with Gasteiger partial charge in [-0.3, -0.25) is 4.79 Å². The minimum Gasteiger partial charge on any atom is -0.462 e. The van der Waals surface area contributed by atoms with E-state index in [-0.39, 0.29) is 35.2 Å². The minimum absolute atomic E-state index is 0.0705. The Morgan fingerprint density at radius 2 is 1.76 bits per heavy atom. The Morgan fingerprint density at radius 3 is 2.38 bits per heavy atom. The van der Waals surface area contributed by atoms with Crippen LogP contribution in [0.25, 0.3) is 17.4 Å². The number of carbonyl (C=O) groups is 2. The Kier molecular flexibility index (Phi) is 7.65. The van der Waals surface area contributed by atoms with Crippen LogP contribution in [0.1, 0.15) is 29.5 Å². The summed E-state index contributed by atoms with van der Waals surface area (Å²) in [6.45, 7) is 1.97. The van der Waals surface area contributed by atoms with Crippen LogP contribution in [0, 0.1) is 0 Å². The molecule has 1 amide bonds. The number of ether oxygens (including phenoxy) is 1. The maximum atomic E-state index is 13.4. The molecule has 1 N–H and O–H groups in total. The summed E-state index contributed by atoms with van der Waals surface area (Å²) in [5, 5.41) is 2.55. The molecule has 1 aliphatic heterocycles. The molecule has 2 heterocycles. The molecule has 9 nitrogen and oxygen atoms in total. The van der Waals surface area contributed by atoms with Gasteiger partial charge < -0.3 is 14.5 Å². The summed E-state index contributed by atoms with van der Waals surface area (Å²) in [6, 6.07) is 16.4. The number of hydrogen-bond donors (Lipinski definition) is 1. The highest BCUT2D eigenvalue weighted by Crippen LogP contribution is 2.27. The highest BCUT2D eigenvalue weighted by atomic mass is 32.2. The van der Waals surface area contributed by atoms with E-state index in [1.165, 1.54) is 30.3 Å². The van der Waals surface area contributed by atoms with E-state index in [9.17, 15) is 26.4 Å². The SMILES string of the molecule is CCOC(=O)c1ccc(-c2ccc(C=C(C(=O)NC3CCS(=O)(=O)C3)S(=O)(=O)c3ccccc3)o2)cc1. The molecular weight excluding hydrogens is 518 g/mol. The summed E-state index contributed by atoms with van der Waals surface area (Å²) in [5.41, 5.74) is 1.000. The van der Waals surface area contributed by atoms with Gasteiger partial charge in [-0.25, -0.2) is 21.6 Å². The summed E-state index contributed by atoms with van der Waals surface area (Å²) in [6.07, 6.45) is 1.33. The lowest BCUT2D eigenvalue weighted by Gasteiger charge is -2.14. The topological polar surface area (TPSA) is 137 Å². The van der Waals surface area contributed by atoms with Crippen LogP contribution >= 0.6 is 0 Å². The molecule has 194 valence electrons. The molecule has 1 atom stereocenters. The van der Waals surface area contributed by atoms with Gasteiger partial charge in [0, 0.05) is 17.7 Å². The zero-order chi connectivity index (χ0) is 26.6. The van der Waals surface area contributed by atoms with E-state index in [0.29, 0.717) is 16.9 Å². The molecule has 0 spiro atoms. The molecular formula is C26H25NO8S2. The number of rotatable bonds is 8. The zero-order valence-corrected chi connectivity index (χ0v) is 21.5. The Hall–Kier alpha value is -3.70. The van der Waals surface area contributed by atoms with Gasteiger partial charge in [0.2, 0.25) is 9.84 Å². The van der Waals surface area contributed by atoms with E-state index in [1.807, 2.05) is 0 Å². The molecule has 4 rings (SSSR count). The van der Waals surface area contributed by atoms with E-state index >= 15 is 0 Å². The first kappa shape index (κ1) is 26.4. The number of sulfone groups is 2. The van der Waals surface area contributed by atoms with Crippen LogP contribution in [0.3, 0.4) is 0 Å². The maximum absolute atomic E-state index is 13.4. The van der Waals surface area contributed by atoms with Crippen LogP contribution in [0.4, 0.5) is 0 Å². The van der Waals surface area contributed by atoms with Crippen molar-refractivity contribution in [2.24, 2.45) is 0 Å². The first-order valence-corrected chi connectivity index (χ1v) is 14.8. The fourth-order valence-corrected chi connectivity index (χ4v) is 6.87. The molecule has 37 heavy (non-hydrogen) atoms. The summed E-state index contributed by atoms with van der Waals surface area (Å²) in [7, 11) is -7.54. The third-order valence-corrected chi connectivity index (χ3v) is 9.26. The highest BCUT2D eigenvalue weighted by Gasteiger charge is 2.33. The predicted molar refractivity (Wildman–Crippen MR) is 137 cm³/mol. The van der Waals surface area contributed by atoms with Crippen molar-refractivity contribution in [3.63, 3.8) is 0 Å². The average molecular weight is 544 g/mol. The van der Waals surface area contributed by atoms with Crippen LogP contribution < -0.4 is 5.32 Å². The Morgan fingerprint density at radius 1 is 1.05 bits per heavy atom. The van der Waals surface area contributed by atoms with Crippen molar-refractivity contribution in [1.29, 1.82) is 0 Å². The van der Waals surface area contributed by atoms with Crippen LogP contribution in [0.5, 0.6) is 0 Å². The molecule has 0 aliphatic carbocycles. The van der Waals surface area contributed by atoms with Gasteiger partial charge in [-0.15, -0.1) is 0 Å². The Bertz CT molecular complexity index is 1540. The van der Waals surface area contributed by atoms with E-state index in [4.69, 9.17) is 9.15 Å². The van der Waals surface area contributed by atoms with Gasteiger partial charge in [0.25, 0.3) is 5.91 Å². The largest absolute Gasteiger partial charge is 0.462 e. The molecule has 1 aromatic heterocycles. The molecule has 11 heteroatoms. The molecule has 1 unspecified atom stereocenters. The first-order valence-electron chi connectivity index (χ1n) is 11.5. The average Bonchev–Trinajstić information content (AvgIpc) is 3.48. The lowest BCUT2D eigenvalue weighted by atomic mass is 10.1. The van der Waals surface area contributed by atoms with Gasteiger partial charge in [-0.05, 0) is 49.7 Å². The van der Waals surface area contributed by atoms with Crippen molar-refractivity contribution in [3.8, 4) is 11.3 Å². The number of nitrogens with one attached hydrogen (secondary N) is 1. The molecule has 0 radical (unpaired) electrons. The fraction of sp³-hybridized carbons (Fsp3) is 0.231. The maximum Gasteiger partial charge on any atom is 0.338 e. The van der Waals surface area contributed by atoms with Gasteiger partial charge in [0.05, 0.1) is 28.6 Å². The van der Waals surface area contributed by atoms with Gasteiger partial charge in [0.15, 0.2) is 9.84 Å². The second-order valence-electron chi connectivity index (χ2n) is 8.40. The monoisotopic (exact) mass is 543 g/mol. The Labute approximate surface area is 215 Å². The molecule has 2 aromatic carbocycles. The van der Waals surface area contributed by atoms with Crippen LogP contribution in [-0.2, 0) is 29.2 Å². The smallest absolute Gasteiger partial charge is 0.338 e. The zero-order valence-electron chi connectivity index (χ0n) is 19.9. The lowest BCUT2D eigenvalue weighted by molar-refractivity contribution is -0.117. The van der Waals surface area contributed by atoms with E-state index in [2.05, 4.69) is 5.32 Å². The number of hydrogen-bond acceptors (Lipinski definition) is 8. The Balaban J connectivity index is 1.65. The van der Waals surface area contributed by atoms with Crippen molar-refractivity contribution in [2.75, 3.05) is 18.1 Å². The standard InChI is InChI=1S/C26H25NO8S2/c1-2-34-26(29)19-10-8-18(9-11-19)23-13-12-21(35-23)16-24(37(32,33)22-6-4-3-5-7-22)25(28)27-20-14-15-36(30,31)17-20/h3-13,16,20H,2,14-15,17H2,1H3,(H,27,28). The van der Waals surface area contributed by atoms with Gasteiger partial charge in [-0.1, -0.05) is 30.3 Å². The molecule has 1 fully saturated rings.